The number of thiophene rings is 1. The first-order valence-electron chi connectivity index (χ1n) is 7.31. The molecule has 0 aliphatic heterocycles. The van der Waals surface area contributed by atoms with Crippen molar-refractivity contribution in [3.63, 3.8) is 0 Å². The molecule has 0 unspecified atom stereocenters. The second-order valence-corrected chi connectivity index (χ2v) is 6.58. The molecule has 0 fully saturated rings. The van der Waals surface area contributed by atoms with Crippen LogP contribution in [-0.2, 0) is 12.8 Å². The van der Waals surface area contributed by atoms with Crippen LogP contribution in [0.1, 0.15) is 28.8 Å². The zero-order chi connectivity index (χ0) is 15.1. The molecule has 0 saturated carbocycles. The van der Waals surface area contributed by atoms with Crippen LogP contribution in [0.25, 0.3) is 21.6 Å². The molecule has 1 N–H and O–H groups in total. The van der Waals surface area contributed by atoms with E-state index in [2.05, 4.69) is 16.0 Å². The smallest absolute Gasteiger partial charge is 0.260 e. The topological polar surface area (TPSA) is 69.5 Å². The van der Waals surface area contributed by atoms with E-state index in [0.717, 1.165) is 35.0 Å². The second-order valence-electron chi connectivity index (χ2n) is 5.50. The summed E-state index contributed by atoms with van der Waals surface area (Å²) in [5, 5.41) is 9.77. The van der Waals surface area contributed by atoms with Gasteiger partial charge in [0.25, 0.3) is 5.56 Å². The molecule has 0 bridgehead atoms. The summed E-state index contributed by atoms with van der Waals surface area (Å²) >= 11 is 1.64. The number of benzene rings is 1. The monoisotopic (exact) mass is 307 g/mol. The highest BCUT2D eigenvalue weighted by atomic mass is 32.1. The van der Waals surface area contributed by atoms with Gasteiger partial charge in [0.05, 0.1) is 17.0 Å². The minimum atomic E-state index is -0.0678. The van der Waals surface area contributed by atoms with Gasteiger partial charge in [-0.1, -0.05) is 12.1 Å². The molecule has 0 saturated heterocycles. The Morgan fingerprint density at radius 3 is 3.00 bits per heavy atom. The molecule has 2 heterocycles. The molecule has 22 heavy (non-hydrogen) atoms. The fraction of sp³-hybridized carbons (Fsp3) is 0.235. The summed E-state index contributed by atoms with van der Waals surface area (Å²) in [6.45, 7) is 0. The maximum Gasteiger partial charge on any atom is 0.260 e. The SMILES string of the molecule is N#Cc1cccc(-c2nc3sc4c(c3c(=O)[nH]2)CCCC4)c1. The minimum absolute atomic E-state index is 0.0678. The Bertz CT molecular complexity index is 978. The number of aryl methyl sites for hydroxylation is 2. The van der Waals surface area contributed by atoms with Crippen molar-refractivity contribution in [1.29, 1.82) is 5.26 Å². The minimum Gasteiger partial charge on any atom is -0.306 e. The van der Waals surface area contributed by atoms with Crippen molar-refractivity contribution in [2.45, 2.75) is 25.7 Å². The van der Waals surface area contributed by atoms with Crippen LogP contribution in [0.15, 0.2) is 29.1 Å². The average molecular weight is 307 g/mol. The maximum atomic E-state index is 12.5. The van der Waals surface area contributed by atoms with E-state index in [1.54, 1.807) is 29.5 Å². The number of nitriles is 1. The number of aromatic amines is 1. The van der Waals surface area contributed by atoms with Crippen LogP contribution in [0.3, 0.4) is 0 Å². The van der Waals surface area contributed by atoms with Gasteiger partial charge in [-0.3, -0.25) is 4.79 Å². The molecular formula is C17H13N3OS. The summed E-state index contributed by atoms with van der Waals surface area (Å²) in [5.74, 6) is 0.535. The van der Waals surface area contributed by atoms with Gasteiger partial charge in [0, 0.05) is 10.4 Å². The van der Waals surface area contributed by atoms with E-state index in [1.807, 2.05) is 6.07 Å². The number of nitrogens with zero attached hydrogens (tertiary/aromatic N) is 2. The van der Waals surface area contributed by atoms with Gasteiger partial charge in [0.1, 0.15) is 10.7 Å². The molecular weight excluding hydrogens is 294 g/mol. The van der Waals surface area contributed by atoms with Gasteiger partial charge in [-0.2, -0.15) is 5.26 Å². The summed E-state index contributed by atoms with van der Waals surface area (Å²) in [5.41, 5.74) is 2.45. The van der Waals surface area contributed by atoms with Crippen LogP contribution in [0.4, 0.5) is 0 Å². The standard InChI is InChI=1S/C17H13N3OS/c18-9-10-4-3-5-11(8-10)15-19-16(21)14-12-6-1-2-7-13(12)22-17(14)20-15/h3-5,8H,1-2,6-7H2,(H,19,20,21). The molecule has 4 rings (SSSR count). The molecule has 3 aromatic rings. The van der Waals surface area contributed by atoms with Crippen molar-refractivity contribution >= 4 is 21.6 Å². The Balaban J connectivity index is 1.94. The van der Waals surface area contributed by atoms with Crippen molar-refractivity contribution in [1.82, 2.24) is 9.97 Å². The first-order valence-corrected chi connectivity index (χ1v) is 8.13. The van der Waals surface area contributed by atoms with Gasteiger partial charge in [-0.05, 0) is 43.4 Å². The number of hydrogen-bond donors (Lipinski definition) is 1. The fourth-order valence-corrected chi connectivity index (χ4v) is 4.30. The lowest BCUT2D eigenvalue weighted by Crippen LogP contribution is -2.11. The molecule has 4 nitrogen and oxygen atoms in total. The van der Waals surface area contributed by atoms with Crippen LogP contribution >= 0.6 is 11.3 Å². The van der Waals surface area contributed by atoms with Gasteiger partial charge in [0.2, 0.25) is 0 Å². The number of H-pyrrole nitrogens is 1. The van der Waals surface area contributed by atoms with E-state index in [4.69, 9.17) is 5.26 Å². The van der Waals surface area contributed by atoms with Gasteiger partial charge < -0.3 is 4.98 Å². The number of hydrogen-bond acceptors (Lipinski definition) is 4. The Labute approximate surface area is 131 Å². The van der Waals surface area contributed by atoms with Crippen LogP contribution in [0.2, 0.25) is 0 Å². The Kier molecular flexibility index (Phi) is 3.05. The van der Waals surface area contributed by atoms with Crippen molar-refractivity contribution in [2.75, 3.05) is 0 Å². The Hall–Kier alpha value is -2.45. The van der Waals surface area contributed by atoms with Crippen LogP contribution in [-0.4, -0.2) is 9.97 Å². The van der Waals surface area contributed by atoms with Crippen LogP contribution in [0.5, 0.6) is 0 Å². The number of fused-ring (bicyclic) bond motifs is 3. The van der Waals surface area contributed by atoms with Crippen LogP contribution in [0, 0.1) is 11.3 Å². The van der Waals surface area contributed by atoms with Crippen LogP contribution < -0.4 is 5.56 Å². The predicted octanol–water partition coefficient (Wildman–Crippen LogP) is 3.40. The largest absolute Gasteiger partial charge is 0.306 e. The van der Waals surface area contributed by atoms with Gasteiger partial charge in [0.15, 0.2) is 0 Å². The number of aromatic nitrogens is 2. The van der Waals surface area contributed by atoms with Crippen molar-refractivity contribution in [3.05, 3.63) is 50.6 Å². The molecule has 2 aromatic heterocycles. The molecule has 1 aliphatic rings. The highest BCUT2D eigenvalue weighted by Gasteiger charge is 2.20. The van der Waals surface area contributed by atoms with Gasteiger partial charge in [-0.15, -0.1) is 11.3 Å². The van der Waals surface area contributed by atoms with Gasteiger partial charge >= 0.3 is 0 Å². The summed E-state index contributed by atoms with van der Waals surface area (Å²) in [6, 6.07) is 9.26. The van der Waals surface area contributed by atoms with E-state index in [0.29, 0.717) is 11.4 Å². The van der Waals surface area contributed by atoms with Crippen molar-refractivity contribution in [3.8, 4) is 17.5 Å². The van der Waals surface area contributed by atoms with E-state index in [9.17, 15) is 4.79 Å². The number of rotatable bonds is 1. The first-order chi connectivity index (χ1) is 10.8. The third-order valence-corrected chi connectivity index (χ3v) is 5.28. The highest BCUT2D eigenvalue weighted by Crippen LogP contribution is 2.34. The summed E-state index contributed by atoms with van der Waals surface area (Å²) in [4.78, 5) is 22.2. The molecule has 0 spiro atoms. The molecule has 0 atom stereocenters. The van der Waals surface area contributed by atoms with E-state index in [1.165, 1.54) is 16.9 Å². The van der Waals surface area contributed by atoms with Gasteiger partial charge in [-0.25, -0.2) is 4.98 Å². The molecule has 0 radical (unpaired) electrons. The Morgan fingerprint density at radius 2 is 2.14 bits per heavy atom. The third kappa shape index (κ3) is 2.04. The lowest BCUT2D eigenvalue weighted by molar-refractivity contribution is 0.700. The van der Waals surface area contributed by atoms with E-state index in [-0.39, 0.29) is 5.56 Å². The molecule has 1 aliphatic carbocycles. The van der Waals surface area contributed by atoms with E-state index < -0.39 is 0 Å². The quantitative estimate of drug-likeness (QED) is 0.749. The summed E-state index contributed by atoms with van der Waals surface area (Å²) in [7, 11) is 0. The molecule has 5 heteroatoms. The fourth-order valence-electron chi connectivity index (χ4n) is 3.04. The molecule has 0 amide bonds. The van der Waals surface area contributed by atoms with Crippen molar-refractivity contribution < 1.29 is 0 Å². The van der Waals surface area contributed by atoms with Crippen molar-refractivity contribution in [2.24, 2.45) is 0 Å². The highest BCUT2D eigenvalue weighted by molar-refractivity contribution is 7.18. The third-order valence-electron chi connectivity index (χ3n) is 4.09. The zero-order valence-corrected chi connectivity index (χ0v) is 12.7. The lowest BCUT2D eigenvalue weighted by Gasteiger charge is -2.09. The Morgan fingerprint density at radius 1 is 1.27 bits per heavy atom. The first kappa shape index (κ1) is 13.2. The number of nitrogens with one attached hydrogen (secondary N) is 1. The summed E-state index contributed by atoms with van der Waals surface area (Å²) in [6.07, 6.45) is 4.36. The van der Waals surface area contributed by atoms with E-state index >= 15 is 0 Å². The summed E-state index contributed by atoms with van der Waals surface area (Å²) < 4.78 is 0. The average Bonchev–Trinajstić information content (AvgIpc) is 2.93. The molecule has 1 aromatic carbocycles. The normalized spacial score (nSPS) is 13.8. The lowest BCUT2D eigenvalue weighted by atomic mass is 9.97. The molecule has 108 valence electrons. The second kappa shape index (κ2) is 5.08. The zero-order valence-electron chi connectivity index (χ0n) is 11.8. The predicted molar refractivity (Wildman–Crippen MR) is 87.0 cm³/mol. The maximum absolute atomic E-state index is 12.5.